The van der Waals surface area contributed by atoms with E-state index in [1.54, 1.807) is 13.8 Å². The van der Waals surface area contributed by atoms with Crippen LogP contribution in [0.5, 0.6) is 0 Å². The summed E-state index contributed by atoms with van der Waals surface area (Å²) in [6, 6.07) is 4.95. The first-order chi connectivity index (χ1) is 10.3. The van der Waals surface area contributed by atoms with E-state index in [2.05, 4.69) is 5.32 Å². The Balaban J connectivity index is 2.59. The minimum absolute atomic E-state index is 0.0711. The van der Waals surface area contributed by atoms with Crippen molar-refractivity contribution in [1.29, 1.82) is 0 Å². The Bertz CT molecular complexity index is 560. The fourth-order valence-corrected chi connectivity index (χ4v) is 1.88. The number of hydrogen-bond donors (Lipinski definition) is 2. The molecule has 0 spiro atoms. The summed E-state index contributed by atoms with van der Waals surface area (Å²) in [5.74, 6) is -2.48. The van der Waals surface area contributed by atoms with Gasteiger partial charge in [-0.05, 0) is 32.0 Å². The van der Waals surface area contributed by atoms with Crippen molar-refractivity contribution in [2.75, 3.05) is 13.1 Å². The van der Waals surface area contributed by atoms with Crippen molar-refractivity contribution in [3.8, 4) is 0 Å². The standard InChI is InChI=1S/C15H19FN2O4/c1-10(2)18(7-6-14(20)21)13(19)9-17-15(22)11-4-3-5-12(16)8-11/h3-5,8,10H,6-7,9H2,1-2H3,(H,17,22)(H,20,21). The first kappa shape index (κ1) is 17.6. The third-order valence-corrected chi connectivity index (χ3v) is 3.00. The molecule has 0 aromatic heterocycles. The Kier molecular flexibility index (Phi) is 6.49. The highest BCUT2D eigenvalue weighted by atomic mass is 19.1. The maximum atomic E-state index is 13.0. The lowest BCUT2D eigenvalue weighted by Gasteiger charge is -2.26. The number of carbonyl (C=O) groups is 3. The second-order valence-corrected chi connectivity index (χ2v) is 5.02. The zero-order chi connectivity index (χ0) is 16.7. The number of carbonyl (C=O) groups excluding carboxylic acids is 2. The number of nitrogens with one attached hydrogen (secondary N) is 1. The molecule has 0 fully saturated rings. The first-order valence-corrected chi connectivity index (χ1v) is 6.86. The quantitative estimate of drug-likeness (QED) is 0.794. The number of amides is 2. The summed E-state index contributed by atoms with van der Waals surface area (Å²) in [4.78, 5) is 35.8. The van der Waals surface area contributed by atoms with Gasteiger partial charge >= 0.3 is 5.97 Å². The van der Waals surface area contributed by atoms with Crippen LogP contribution in [0, 0.1) is 5.82 Å². The third-order valence-electron chi connectivity index (χ3n) is 3.00. The molecular formula is C15H19FN2O4. The van der Waals surface area contributed by atoms with Gasteiger partial charge in [-0.3, -0.25) is 14.4 Å². The van der Waals surface area contributed by atoms with E-state index < -0.39 is 17.7 Å². The molecule has 0 heterocycles. The van der Waals surface area contributed by atoms with Crippen molar-refractivity contribution >= 4 is 17.8 Å². The zero-order valence-corrected chi connectivity index (χ0v) is 12.5. The monoisotopic (exact) mass is 310 g/mol. The average molecular weight is 310 g/mol. The lowest BCUT2D eigenvalue weighted by molar-refractivity contribution is -0.138. The molecule has 0 atom stereocenters. The molecule has 0 aliphatic carbocycles. The number of nitrogens with zero attached hydrogens (tertiary/aromatic N) is 1. The molecular weight excluding hydrogens is 291 g/mol. The van der Waals surface area contributed by atoms with Crippen molar-refractivity contribution in [2.24, 2.45) is 0 Å². The van der Waals surface area contributed by atoms with Gasteiger partial charge in [0.05, 0.1) is 13.0 Å². The van der Waals surface area contributed by atoms with Gasteiger partial charge < -0.3 is 15.3 Å². The van der Waals surface area contributed by atoms with Crippen molar-refractivity contribution in [3.05, 3.63) is 35.6 Å². The summed E-state index contributed by atoms with van der Waals surface area (Å²) in [5.41, 5.74) is 0.120. The average Bonchev–Trinajstić information content (AvgIpc) is 2.44. The van der Waals surface area contributed by atoms with E-state index in [1.807, 2.05) is 0 Å². The van der Waals surface area contributed by atoms with Gasteiger partial charge in [-0.2, -0.15) is 0 Å². The summed E-state index contributed by atoms with van der Waals surface area (Å²) in [7, 11) is 0. The van der Waals surface area contributed by atoms with E-state index >= 15 is 0 Å². The topological polar surface area (TPSA) is 86.7 Å². The summed E-state index contributed by atoms with van der Waals surface area (Å²) in [6.45, 7) is 3.32. The van der Waals surface area contributed by atoms with E-state index in [1.165, 1.54) is 23.1 Å². The van der Waals surface area contributed by atoms with Gasteiger partial charge in [0.15, 0.2) is 0 Å². The number of hydrogen-bond acceptors (Lipinski definition) is 3. The van der Waals surface area contributed by atoms with E-state index in [0.717, 1.165) is 6.07 Å². The summed E-state index contributed by atoms with van der Waals surface area (Å²) < 4.78 is 13.0. The van der Waals surface area contributed by atoms with Crippen LogP contribution in [0.25, 0.3) is 0 Å². The molecule has 120 valence electrons. The molecule has 0 aliphatic rings. The van der Waals surface area contributed by atoms with Crippen molar-refractivity contribution in [3.63, 3.8) is 0 Å². The van der Waals surface area contributed by atoms with Gasteiger partial charge in [0, 0.05) is 18.2 Å². The lowest BCUT2D eigenvalue weighted by atomic mass is 10.2. The van der Waals surface area contributed by atoms with Gasteiger partial charge in [-0.1, -0.05) is 6.07 Å². The molecule has 0 radical (unpaired) electrons. The first-order valence-electron chi connectivity index (χ1n) is 6.86. The van der Waals surface area contributed by atoms with Crippen LogP contribution in [0.15, 0.2) is 24.3 Å². The van der Waals surface area contributed by atoms with Crippen LogP contribution in [0.2, 0.25) is 0 Å². The van der Waals surface area contributed by atoms with Crippen LogP contribution in [-0.4, -0.2) is 46.9 Å². The van der Waals surface area contributed by atoms with Crippen LogP contribution in [0.4, 0.5) is 4.39 Å². The van der Waals surface area contributed by atoms with Crippen LogP contribution in [0.3, 0.4) is 0 Å². The maximum absolute atomic E-state index is 13.0. The zero-order valence-electron chi connectivity index (χ0n) is 12.5. The number of halogens is 1. The number of rotatable bonds is 7. The van der Waals surface area contributed by atoms with Crippen LogP contribution < -0.4 is 5.32 Å². The minimum Gasteiger partial charge on any atom is -0.481 e. The fourth-order valence-electron chi connectivity index (χ4n) is 1.88. The molecule has 6 nitrogen and oxygen atoms in total. The lowest BCUT2D eigenvalue weighted by Crippen LogP contribution is -2.44. The van der Waals surface area contributed by atoms with Crippen molar-refractivity contribution in [2.45, 2.75) is 26.3 Å². The second kappa shape index (κ2) is 8.11. The number of benzene rings is 1. The molecule has 1 aromatic rings. The van der Waals surface area contributed by atoms with Gasteiger partial charge in [0.25, 0.3) is 5.91 Å². The van der Waals surface area contributed by atoms with Gasteiger partial charge in [0.1, 0.15) is 5.82 Å². The molecule has 0 saturated carbocycles. The Labute approximate surface area is 127 Å². The second-order valence-electron chi connectivity index (χ2n) is 5.02. The number of aliphatic carboxylic acids is 1. The predicted molar refractivity (Wildman–Crippen MR) is 77.8 cm³/mol. The van der Waals surface area contributed by atoms with Crippen LogP contribution in [-0.2, 0) is 9.59 Å². The molecule has 1 rings (SSSR count). The summed E-state index contributed by atoms with van der Waals surface area (Å²) >= 11 is 0. The van der Waals surface area contributed by atoms with Gasteiger partial charge in [0.2, 0.25) is 5.91 Å². The SMILES string of the molecule is CC(C)N(CCC(=O)O)C(=O)CNC(=O)c1cccc(F)c1. The molecule has 7 heteroatoms. The van der Waals surface area contributed by atoms with Crippen molar-refractivity contribution in [1.82, 2.24) is 10.2 Å². The van der Waals surface area contributed by atoms with Crippen molar-refractivity contribution < 1.29 is 23.9 Å². The van der Waals surface area contributed by atoms with Gasteiger partial charge in [-0.15, -0.1) is 0 Å². The minimum atomic E-state index is -0.998. The molecule has 0 saturated heterocycles. The fraction of sp³-hybridized carbons (Fsp3) is 0.400. The Hall–Kier alpha value is -2.44. The summed E-state index contributed by atoms with van der Waals surface area (Å²) in [6.07, 6.45) is -0.165. The normalized spacial score (nSPS) is 10.4. The van der Waals surface area contributed by atoms with Crippen LogP contribution in [0.1, 0.15) is 30.6 Å². The molecule has 1 aromatic carbocycles. The number of carboxylic acids is 1. The molecule has 22 heavy (non-hydrogen) atoms. The van der Waals surface area contributed by atoms with E-state index in [-0.39, 0.29) is 37.0 Å². The van der Waals surface area contributed by atoms with Gasteiger partial charge in [-0.25, -0.2) is 4.39 Å². The smallest absolute Gasteiger partial charge is 0.305 e. The molecule has 2 amide bonds. The highest BCUT2D eigenvalue weighted by molar-refractivity contribution is 5.96. The van der Waals surface area contributed by atoms with Crippen LogP contribution >= 0.6 is 0 Å². The van der Waals surface area contributed by atoms with E-state index in [0.29, 0.717) is 0 Å². The Morgan fingerprint density at radius 1 is 1.32 bits per heavy atom. The predicted octanol–water partition coefficient (Wildman–Crippen LogP) is 1.27. The molecule has 2 N–H and O–H groups in total. The molecule has 0 aliphatic heterocycles. The maximum Gasteiger partial charge on any atom is 0.305 e. The largest absolute Gasteiger partial charge is 0.481 e. The summed E-state index contributed by atoms with van der Waals surface area (Å²) in [5, 5.41) is 11.1. The highest BCUT2D eigenvalue weighted by Crippen LogP contribution is 2.04. The Morgan fingerprint density at radius 2 is 2.00 bits per heavy atom. The highest BCUT2D eigenvalue weighted by Gasteiger charge is 2.18. The Morgan fingerprint density at radius 3 is 2.55 bits per heavy atom. The van der Waals surface area contributed by atoms with E-state index in [9.17, 15) is 18.8 Å². The third kappa shape index (κ3) is 5.51. The molecule has 0 unspecified atom stereocenters. The molecule has 0 bridgehead atoms. The van der Waals surface area contributed by atoms with E-state index in [4.69, 9.17) is 5.11 Å². The number of carboxylic acid groups (broad SMARTS) is 1.